The van der Waals surface area contributed by atoms with Crippen molar-refractivity contribution in [1.82, 2.24) is 4.57 Å². The molecule has 1 aliphatic heterocycles. The van der Waals surface area contributed by atoms with Crippen molar-refractivity contribution in [2.24, 2.45) is 0 Å². The van der Waals surface area contributed by atoms with Crippen molar-refractivity contribution < 1.29 is 27.8 Å². The normalized spacial score (nSPS) is 13.5. The molecule has 0 unspecified atom stereocenters. The van der Waals surface area contributed by atoms with Crippen molar-refractivity contribution in [2.75, 3.05) is 37.1 Å². The number of halogens is 2. The summed E-state index contributed by atoms with van der Waals surface area (Å²) in [6.07, 6.45) is 2.60. The minimum atomic E-state index is -0.793. The Morgan fingerprint density at radius 1 is 0.946 bits per heavy atom. The Kier molecular flexibility index (Phi) is 7.47. The summed E-state index contributed by atoms with van der Waals surface area (Å²) in [5, 5.41) is 0.333. The maximum atomic E-state index is 14.7. The third-order valence-electron chi connectivity index (χ3n) is 6.62. The van der Waals surface area contributed by atoms with Gasteiger partial charge >= 0.3 is 0 Å². The highest BCUT2D eigenvalue weighted by Crippen LogP contribution is 2.41. The fraction of sp³-hybridized carbons (Fsp3) is 0.370. The van der Waals surface area contributed by atoms with Crippen LogP contribution < -0.4 is 24.8 Å². The third-order valence-corrected chi connectivity index (χ3v) is 6.62. The second kappa shape index (κ2) is 10.6. The second-order valence-corrected chi connectivity index (χ2v) is 8.93. The van der Waals surface area contributed by atoms with E-state index < -0.39 is 35.6 Å². The lowest BCUT2D eigenvalue weighted by molar-refractivity contribution is -0.124. The van der Waals surface area contributed by atoms with Crippen molar-refractivity contribution >= 4 is 34.1 Å². The SMILES string of the molecule is COc1cc2c(N(C(C)=O)C(C)=O)c(N3CCCCC3)c(=O)n(Cc3c(F)cccc3F)c2cc1OC. The van der Waals surface area contributed by atoms with Crippen LogP contribution in [-0.4, -0.2) is 43.7 Å². The third kappa shape index (κ3) is 4.75. The molecular weight excluding hydrogens is 484 g/mol. The highest BCUT2D eigenvalue weighted by Gasteiger charge is 2.31. The summed E-state index contributed by atoms with van der Waals surface area (Å²) >= 11 is 0. The zero-order valence-corrected chi connectivity index (χ0v) is 21.3. The maximum Gasteiger partial charge on any atom is 0.277 e. The number of benzene rings is 2. The van der Waals surface area contributed by atoms with Crippen molar-refractivity contribution in [3.05, 3.63) is 57.9 Å². The Balaban J connectivity index is 2.18. The van der Waals surface area contributed by atoms with E-state index in [2.05, 4.69) is 0 Å². The molecule has 1 aliphatic rings. The van der Waals surface area contributed by atoms with Gasteiger partial charge in [-0.05, 0) is 37.5 Å². The van der Waals surface area contributed by atoms with Gasteiger partial charge < -0.3 is 18.9 Å². The van der Waals surface area contributed by atoms with Crippen LogP contribution in [0.3, 0.4) is 0 Å². The van der Waals surface area contributed by atoms with Crippen molar-refractivity contribution in [3.8, 4) is 11.5 Å². The first-order valence-electron chi connectivity index (χ1n) is 12.0. The van der Waals surface area contributed by atoms with Crippen LogP contribution in [0.15, 0.2) is 35.1 Å². The average molecular weight is 514 g/mol. The number of rotatable bonds is 6. The van der Waals surface area contributed by atoms with Gasteiger partial charge in [-0.1, -0.05) is 6.07 Å². The van der Waals surface area contributed by atoms with Gasteiger partial charge in [0.15, 0.2) is 11.5 Å². The van der Waals surface area contributed by atoms with Crippen molar-refractivity contribution in [1.29, 1.82) is 0 Å². The molecule has 1 fully saturated rings. The average Bonchev–Trinajstić information content (AvgIpc) is 2.87. The second-order valence-electron chi connectivity index (χ2n) is 8.93. The molecule has 10 heteroatoms. The van der Waals surface area contributed by atoms with E-state index in [1.807, 2.05) is 4.90 Å². The number of pyridine rings is 1. The van der Waals surface area contributed by atoms with Crippen LogP contribution in [0.1, 0.15) is 38.7 Å². The smallest absolute Gasteiger partial charge is 0.277 e. The molecule has 0 aliphatic carbocycles. The van der Waals surface area contributed by atoms with Gasteiger partial charge in [0.1, 0.15) is 17.3 Å². The first-order valence-corrected chi connectivity index (χ1v) is 12.0. The van der Waals surface area contributed by atoms with E-state index in [0.29, 0.717) is 24.2 Å². The number of hydrogen-bond acceptors (Lipinski definition) is 6. The van der Waals surface area contributed by atoms with Crippen LogP contribution >= 0.6 is 0 Å². The van der Waals surface area contributed by atoms with Crippen LogP contribution in [0.25, 0.3) is 10.9 Å². The quantitative estimate of drug-likeness (QED) is 0.491. The molecule has 1 saturated heterocycles. The number of ether oxygens (including phenoxy) is 2. The van der Waals surface area contributed by atoms with Gasteiger partial charge in [-0.15, -0.1) is 0 Å². The highest BCUT2D eigenvalue weighted by atomic mass is 19.1. The van der Waals surface area contributed by atoms with Crippen LogP contribution in [0.5, 0.6) is 11.5 Å². The predicted molar refractivity (Wildman–Crippen MR) is 137 cm³/mol. The molecule has 2 aromatic carbocycles. The van der Waals surface area contributed by atoms with Crippen molar-refractivity contribution in [3.63, 3.8) is 0 Å². The lowest BCUT2D eigenvalue weighted by Crippen LogP contribution is -2.41. The van der Waals surface area contributed by atoms with E-state index in [1.54, 1.807) is 6.07 Å². The van der Waals surface area contributed by atoms with Crippen molar-refractivity contribution in [2.45, 2.75) is 39.7 Å². The summed E-state index contributed by atoms with van der Waals surface area (Å²) in [5.41, 5.74) is -0.386. The topological polar surface area (TPSA) is 81.1 Å². The van der Waals surface area contributed by atoms with E-state index in [-0.39, 0.29) is 28.2 Å². The minimum Gasteiger partial charge on any atom is -0.493 e. The maximum absolute atomic E-state index is 14.7. The first kappa shape index (κ1) is 26.1. The summed E-state index contributed by atoms with van der Waals surface area (Å²) in [4.78, 5) is 42.5. The van der Waals surface area contributed by atoms with Gasteiger partial charge in [-0.2, -0.15) is 0 Å². The van der Waals surface area contributed by atoms with E-state index in [0.717, 1.165) is 36.3 Å². The van der Waals surface area contributed by atoms with Gasteiger partial charge in [-0.25, -0.2) is 13.7 Å². The van der Waals surface area contributed by atoms with Crippen LogP contribution in [0.4, 0.5) is 20.2 Å². The fourth-order valence-corrected chi connectivity index (χ4v) is 4.91. The lowest BCUT2D eigenvalue weighted by Gasteiger charge is -2.33. The molecule has 4 rings (SSSR count). The zero-order valence-electron chi connectivity index (χ0n) is 21.3. The number of amides is 2. The van der Waals surface area contributed by atoms with E-state index in [4.69, 9.17) is 9.47 Å². The molecule has 3 aromatic rings. The van der Waals surface area contributed by atoms with Gasteiger partial charge in [-0.3, -0.25) is 14.4 Å². The molecule has 37 heavy (non-hydrogen) atoms. The molecule has 0 saturated carbocycles. The molecule has 0 bridgehead atoms. The Hall–Kier alpha value is -3.95. The van der Waals surface area contributed by atoms with Gasteiger partial charge in [0.2, 0.25) is 11.8 Å². The van der Waals surface area contributed by atoms with Crippen LogP contribution in [0, 0.1) is 11.6 Å². The van der Waals surface area contributed by atoms with E-state index >= 15 is 0 Å². The number of carbonyl (C=O) groups excluding carboxylic acids is 2. The van der Waals surface area contributed by atoms with Gasteiger partial charge in [0.25, 0.3) is 5.56 Å². The van der Waals surface area contributed by atoms with Gasteiger partial charge in [0, 0.05) is 44.0 Å². The molecular formula is C27H29F2N3O5. The number of imide groups is 1. The number of anilines is 2. The molecule has 0 atom stereocenters. The Morgan fingerprint density at radius 2 is 1.51 bits per heavy atom. The molecule has 2 heterocycles. The molecule has 2 amide bonds. The zero-order chi connectivity index (χ0) is 26.9. The molecule has 0 N–H and O–H groups in total. The molecule has 196 valence electrons. The number of fused-ring (bicyclic) bond motifs is 1. The van der Waals surface area contributed by atoms with E-state index in [9.17, 15) is 23.2 Å². The molecule has 1 aromatic heterocycles. The molecule has 0 spiro atoms. The van der Waals surface area contributed by atoms with E-state index in [1.165, 1.54) is 44.8 Å². The predicted octanol–water partition coefficient (Wildman–Crippen LogP) is 4.23. The Morgan fingerprint density at radius 3 is 2.05 bits per heavy atom. The number of nitrogens with zero attached hydrogens (tertiary/aromatic N) is 3. The Labute approximate surface area is 213 Å². The number of carbonyl (C=O) groups is 2. The summed E-state index contributed by atoms with van der Waals surface area (Å²) in [6, 6.07) is 6.59. The number of aromatic nitrogens is 1. The van der Waals surface area contributed by atoms with Crippen LogP contribution in [-0.2, 0) is 16.1 Å². The summed E-state index contributed by atoms with van der Waals surface area (Å²) in [7, 11) is 2.86. The standard InChI is InChI=1S/C27H29F2N3O5/c1-16(33)32(17(2)34)25-18-13-23(36-3)24(37-4)14-22(18)31(15-19-20(28)9-8-10-21(19)29)27(35)26(25)30-11-6-5-7-12-30/h8-10,13-14H,5-7,11-12,15H2,1-4H3. The van der Waals surface area contributed by atoms with Gasteiger partial charge in [0.05, 0.1) is 32.0 Å². The molecule has 8 nitrogen and oxygen atoms in total. The minimum absolute atomic E-state index is 0.119. The Bertz CT molecular complexity index is 1400. The number of methoxy groups -OCH3 is 2. The first-order chi connectivity index (χ1) is 17.7. The number of hydrogen-bond donors (Lipinski definition) is 0. The highest BCUT2D eigenvalue weighted by molar-refractivity contribution is 6.20. The lowest BCUT2D eigenvalue weighted by atomic mass is 10.0. The summed E-state index contributed by atoms with van der Waals surface area (Å²) in [5.74, 6) is -2.16. The molecule has 0 radical (unpaired) electrons. The summed E-state index contributed by atoms with van der Waals surface area (Å²) in [6.45, 7) is 3.13. The fourth-order valence-electron chi connectivity index (χ4n) is 4.91. The number of piperidine rings is 1. The largest absolute Gasteiger partial charge is 0.493 e. The monoisotopic (exact) mass is 513 g/mol. The summed E-state index contributed by atoms with van der Waals surface area (Å²) < 4.78 is 41.6. The van der Waals surface area contributed by atoms with Crippen LogP contribution in [0.2, 0.25) is 0 Å².